The molecule has 3 aliphatic rings. The molecule has 0 aromatic rings. The molecule has 0 saturated heterocycles. The lowest BCUT2D eigenvalue weighted by Crippen LogP contribution is -2.39. The van der Waals surface area contributed by atoms with Gasteiger partial charge in [0.2, 0.25) is 5.91 Å². The van der Waals surface area contributed by atoms with E-state index >= 15 is 0 Å². The van der Waals surface area contributed by atoms with Crippen LogP contribution in [0.5, 0.6) is 0 Å². The lowest BCUT2D eigenvalue weighted by atomic mass is 9.80. The standard InChI is InChI=1S/C22H37NO4/c1-15(2)22(25)16-3-5-17(6-4-16)23-21(24)13-14-26-18-7-9-19(10-8-18)27-20-11-12-20/h15-20H,3-14H2,1-2H3,(H,23,24). The highest BCUT2D eigenvalue weighted by Crippen LogP contribution is 2.31. The largest absolute Gasteiger partial charge is 0.378 e. The first-order chi connectivity index (χ1) is 13.0. The molecule has 154 valence electrons. The Labute approximate surface area is 163 Å². The van der Waals surface area contributed by atoms with Crippen molar-refractivity contribution in [2.45, 2.75) is 109 Å². The van der Waals surface area contributed by atoms with E-state index in [9.17, 15) is 9.59 Å². The Morgan fingerprint density at radius 3 is 1.96 bits per heavy atom. The summed E-state index contributed by atoms with van der Waals surface area (Å²) in [4.78, 5) is 24.3. The molecule has 0 radical (unpaired) electrons. The van der Waals surface area contributed by atoms with Crippen LogP contribution in [0.3, 0.4) is 0 Å². The van der Waals surface area contributed by atoms with Crippen molar-refractivity contribution in [3.8, 4) is 0 Å². The van der Waals surface area contributed by atoms with Gasteiger partial charge in [-0.25, -0.2) is 0 Å². The molecular formula is C22H37NO4. The second-order valence-electron chi connectivity index (χ2n) is 9.03. The van der Waals surface area contributed by atoms with Crippen LogP contribution in [-0.2, 0) is 19.1 Å². The van der Waals surface area contributed by atoms with E-state index in [0.29, 0.717) is 31.0 Å². The number of hydrogen-bond acceptors (Lipinski definition) is 4. The third-order valence-electron chi connectivity index (χ3n) is 6.28. The van der Waals surface area contributed by atoms with Crippen LogP contribution in [0.25, 0.3) is 0 Å². The van der Waals surface area contributed by atoms with Crippen LogP contribution in [0.1, 0.15) is 84.5 Å². The molecule has 3 fully saturated rings. The van der Waals surface area contributed by atoms with Crippen molar-refractivity contribution in [3.05, 3.63) is 0 Å². The predicted octanol–water partition coefficient (Wildman–Crippen LogP) is 3.78. The quantitative estimate of drug-likeness (QED) is 0.662. The zero-order valence-corrected chi connectivity index (χ0v) is 17.1. The molecule has 1 amide bonds. The second-order valence-corrected chi connectivity index (χ2v) is 9.03. The van der Waals surface area contributed by atoms with Crippen molar-refractivity contribution < 1.29 is 19.1 Å². The van der Waals surface area contributed by atoms with Gasteiger partial charge in [0.15, 0.2) is 0 Å². The summed E-state index contributed by atoms with van der Waals surface area (Å²) in [5, 5.41) is 3.13. The molecule has 0 aromatic carbocycles. The number of ketones is 1. The summed E-state index contributed by atoms with van der Waals surface area (Å²) < 4.78 is 11.9. The molecule has 0 aromatic heterocycles. The third-order valence-corrected chi connectivity index (χ3v) is 6.28. The smallest absolute Gasteiger partial charge is 0.222 e. The fourth-order valence-electron chi connectivity index (χ4n) is 4.42. The van der Waals surface area contributed by atoms with Crippen LogP contribution in [0.15, 0.2) is 0 Å². The molecule has 3 aliphatic carbocycles. The third kappa shape index (κ3) is 6.86. The summed E-state index contributed by atoms with van der Waals surface area (Å²) in [6.07, 6.45) is 12.1. The van der Waals surface area contributed by atoms with Crippen LogP contribution < -0.4 is 5.32 Å². The zero-order valence-electron chi connectivity index (χ0n) is 17.1. The van der Waals surface area contributed by atoms with Gasteiger partial charge in [0.25, 0.3) is 0 Å². The number of ether oxygens (including phenoxy) is 2. The molecule has 5 heteroatoms. The number of hydrogen-bond donors (Lipinski definition) is 1. The maximum absolute atomic E-state index is 12.2. The molecule has 3 rings (SSSR count). The maximum Gasteiger partial charge on any atom is 0.222 e. The van der Waals surface area contributed by atoms with Crippen molar-refractivity contribution >= 4 is 11.7 Å². The molecule has 0 aliphatic heterocycles. The minimum atomic E-state index is 0.0828. The Hall–Kier alpha value is -0.940. The van der Waals surface area contributed by atoms with Gasteiger partial charge < -0.3 is 14.8 Å². The molecule has 27 heavy (non-hydrogen) atoms. The topological polar surface area (TPSA) is 64.6 Å². The van der Waals surface area contributed by atoms with Crippen molar-refractivity contribution in [3.63, 3.8) is 0 Å². The predicted molar refractivity (Wildman–Crippen MR) is 104 cm³/mol. The van der Waals surface area contributed by atoms with Crippen LogP contribution in [0, 0.1) is 11.8 Å². The van der Waals surface area contributed by atoms with Gasteiger partial charge in [0.05, 0.1) is 24.9 Å². The molecule has 0 bridgehead atoms. The average molecular weight is 380 g/mol. The lowest BCUT2D eigenvalue weighted by molar-refractivity contribution is -0.127. The molecule has 1 N–H and O–H groups in total. The van der Waals surface area contributed by atoms with E-state index in [-0.39, 0.29) is 29.9 Å². The number of amides is 1. The Bertz CT molecular complexity index is 487. The Morgan fingerprint density at radius 2 is 1.41 bits per heavy atom. The number of carbonyl (C=O) groups excluding carboxylic acids is 2. The van der Waals surface area contributed by atoms with Crippen LogP contribution in [-0.4, -0.2) is 42.7 Å². The molecule has 3 saturated carbocycles. The van der Waals surface area contributed by atoms with Crippen LogP contribution in [0.2, 0.25) is 0 Å². The van der Waals surface area contributed by atoms with E-state index < -0.39 is 0 Å². The van der Waals surface area contributed by atoms with Gasteiger partial charge in [0, 0.05) is 24.3 Å². The number of rotatable bonds is 9. The van der Waals surface area contributed by atoms with Gasteiger partial charge >= 0.3 is 0 Å². The summed E-state index contributed by atoms with van der Waals surface area (Å²) >= 11 is 0. The molecule has 0 heterocycles. The first kappa shape index (κ1) is 20.8. The van der Waals surface area contributed by atoms with E-state index in [1.54, 1.807) is 0 Å². The van der Waals surface area contributed by atoms with E-state index in [1.165, 1.54) is 12.8 Å². The first-order valence-corrected chi connectivity index (χ1v) is 11.1. The Morgan fingerprint density at radius 1 is 0.852 bits per heavy atom. The van der Waals surface area contributed by atoms with Gasteiger partial charge in [-0.05, 0) is 64.2 Å². The van der Waals surface area contributed by atoms with Crippen LogP contribution in [0.4, 0.5) is 0 Å². The van der Waals surface area contributed by atoms with Gasteiger partial charge in [-0.3, -0.25) is 9.59 Å². The molecule has 5 nitrogen and oxygen atoms in total. The molecule has 0 spiro atoms. The fraction of sp³-hybridized carbons (Fsp3) is 0.909. The number of Topliss-reactive ketones (excluding diaryl/α,β-unsaturated/α-hetero) is 1. The summed E-state index contributed by atoms with van der Waals surface area (Å²) in [5.41, 5.74) is 0. The van der Waals surface area contributed by atoms with Crippen molar-refractivity contribution in [1.82, 2.24) is 5.32 Å². The highest BCUT2D eigenvalue weighted by atomic mass is 16.5. The average Bonchev–Trinajstić information content (AvgIpc) is 3.47. The van der Waals surface area contributed by atoms with Crippen molar-refractivity contribution in [1.29, 1.82) is 0 Å². The normalized spacial score (nSPS) is 31.7. The van der Waals surface area contributed by atoms with E-state index in [1.807, 2.05) is 13.8 Å². The van der Waals surface area contributed by atoms with Gasteiger partial charge in [-0.2, -0.15) is 0 Å². The van der Waals surface area contributed by atoms with Crippen molar-refractivity contribution in [2.75, 3.05) is 6.61 Å². The maximum atomic E-state index is 12.2. The van der Waals surface area contributed by atoms with Crippen molar-refractivity contribution in [2.24, 2.45) is 11.8 Å². The minimum Gasteiger partial charge on any atom is -0.378 e. The monoisotopic (exact) mass is 379 g/mol. The Kier molecular flexibility index (Phi) is 7.71. The number of nitrogens with one attached hydrogen (secondary N) is 1. The Balaban J connectivity index is 1.23. The van der Waals surface area contributed by atoms with E-state index in [2.05, 4.69) is 5.32 Å². The van der Waals surface area contributed by atoms with E-state index in [4.69, 9.17) is 9.47 Å². The summed E-state index contributed by atoms with van der Waals surface area (Å²) in [6, 6.07) is 0.226. The van der Waals surface area contributed by atoms with Crippen LogP contribution >= 0.6 is 0 Å². The number of carbonyl (C=O) groups is 2. The fourth-order valence-corrected chi connectivity index (χ4v) is 4.42. The van der Waals surface area contributed by atoms with E-state index in [0.717, 1.165) is 51.4 Å². The molecule has 0 unspecified atom stereocenters. The van der Waals surface area contributed by atoms with Gasteiger partial charge in [-0.1, -0.05) is 13.8 Å². The molecular weight excluding hydrogens is 342 g/mol. The highest BCUT2D eigenvalue weighted by molar-refractivity contribution is 5.83. The highest BCUT2D eigenvalue weighted by Gasteiger charge is 2.30. The molecule has 0 atom stereocenters. The summed E-state index contributed by atoms with van der Waals surface area (Å²) in [5.74, 6) is 0.777. The lowest BCUT2D eigenvalue weighted by Gasteiger charge is -2.30. The second kappa shape index (κ2) is 10.0. The summed E-state index contributed by atoms with van der Waals surface area (Å²) in [6.45, 7) is 4.46. The minimum absolute atomic E-state index is 0.0828. The SMILES string of the molecule is CC(C)C(=O)C1CCC(NC(=O)CCOC2CCC(OC3CC3)CC2)CC1. The van der Waals surface area contributed by atoms with Gasteiger partial charge in [0.1, 0.15) is 5.78 Å². The zero-order chi connectivity index (χ0) is 19.2. The first-order valence-electron chi connectivity index (χ1n) is 11.1. The summed E-state index contributed by atoms with van der Waals surface area (Å²) in [7, 11) is 0. The van der Waals surface area contributed by atoms with Gasteiger partial charge in [-0.15, -0.1) is 0 Å².